The summed E-state index contributed by atoms with van der Waals surface area (Å²) in [5.74, 6) is 0.314. The number of allylic oxidation sites excluding steroid dienone is 1. The predicted octanol–water partition coefficient (Wildman–Crippen LogP) is 0.887. The van der Waals surface area contributed by atoms with Gasteiger partial charge in [-0.05, 0) is 32.1 Å². The van der Waals surface area contributed by atoms with Gasteiger partial charge in [0.05, 0.1) is 17.9 Å². The van der Waals surface area contributed by atoms with Crippen LogP contribution in [0.15, 0.2) is 41.9 Å². The highest BCUT2D eigenvalue weighted by Crippen LogP contribution is 2.24. The van der Waals surface area contributed by atoms with Crippen LogP contribution in [0, 0.1) is 0 Å². The number of para-hydroxylation sites is 1. The monoisotopic (exact) mass is 304 g/mol. The van der Waals surface area contributed by atoms with Crippen LogP contribution >= 0.6 is 0 Å². The fraction of sp³-hybridized carbons (Fsp3) is 0.375. The first-order chi connectivity index (χ1) is 10.4. The van der Waals surface area contributed by atoms with Crippen LogP contribution in [0.25, 0.3) is 5.70 Å². The molecule has 2 rings (SSSR count). The molecule has 2 unspecified atom stereocenters. The zero-order valence-corrected chi connectivity index (χ0v) is 13.0. The number of benzene rings is 1. The van der Waals surface area contributed by atoms with Gasteiger partial charge in [-0.15, -0.1) is 0 Å². The number of nitrogens with zero attached hydrogens (tertiary/aromatic N) is 1. The lowest BCUT2D eigenvalue weighted by molar-refractivity contribution is -0.0570. The Labute approximate surface area is 130 Å². The van der Waals surface area contributed by atoms with Gasteiger partial charge in [-0.2, -0.15) is 0 Å². The summed E-state index contributed by atoms with van der Waals surface area (Å²) in [5, 5.41) is 9.89. The third-order valence-corrected chi connectivity index (χ3v) is 3.56. The Morgan fingerprint density at radius 3 is 2.32 bits per heavy atom. The summed E-state index contributed by atoms with van der Waals surface area (Å²) in [6, 6.07) is 6.88. The van der Waals surface area contributed by atoms with Crippen LogP contribution in [-0.4, -0.2) is 35.3 Å². The number of aromatic hydroxyl groups is 1. The number of ether oxygens (including phenoxy) is 1. The van der Waals surface area contributed by atoms with Gasteiger partial charge in [-0.3, -0.25) is 0 Å². The van der Waals surface area contributed by atoms with Crippen molar-refractivity contribution in [3.8, 4) is 5.75 Å². The number of hydrogen-bond donors (Lipinski definition) is 4. The molecule has 1 fully saturated rings. The van der Waals surface area contributed by atoms with Gasteiger partial charge < -0.3 is 31.9 Å². The van der Waals surface area contributed by atoms with Gasteiger partial charge in [0.15, 0.2) is 0 Å². The molecule has 1 aromatic rings. The average Bonchev–Trinajstić information content (AvgIpc) is 2.43. The third-order valence-electron chi connectivity index (χ3n) is 3.56. The number of hydrogen-bond acceptors (Lipinski definition) is 6. The third kappa shape index (κ3) is 3.65. The van der Waals surface area contributed by atoms with Crippen molar-refractivity contribution in [2.24, 2.45) is 17.2 Å². The molecule has 0 aliphatic carbocycles. The molecule has 6 heteroatoms. The van der Waals surface area contributed by atoms with E-state index in [-0.39, 0.29) is 23.8 Å². The lowest BCUT2D eigenvalue weighted by Crippen LogP contribution is -2.45. The number of phenolic OH excluding ortho intramolecular Hbond substituents is 1. The molecule has 1 aliphatic rings. The lowest BCUT2D eigenvalue weighted by Gasteiger charge is -2.37. The van der Waals surface area contributed by atoms with Gasteiger partial charge in [0.2, 0.25) is 0 Å². The van der Waals surface area contributed by atoms with Gasteiger partial charge in [0.1, 0.15) is 11.6 Å². The molecule has 0 spiro atoms. The van der Waals surface area contributed by atoms with E-state index in [2.05, 4.69) is 4.90 Å². The molecule has 1 aliphatic heterocycles. The number of nitrogens with two attached hydrogens (primary N) is 3. The quantitative estimate of drug-likeness (QED) is 0.617. The van der Waals surface area contributed by atoms with E-state index in [0.29, 0.717) is 30.0 Å². The zero-order chi connectivity index (χ0) is 16.3. The van der Waals surface area contributed by atoms with E-state index in [4.69, 9.17) is 21.9 Å². The van der Waals surface area contributed by atoms with Crippen LogP contribution in [0.4, 0.5) is 0 Å². The van der Waals surface area contributed by atoms with Crippen molar-refractivity contribution in [3.63, 3.8) is 0 Å². The van der Waals surface area contributed by atoms with Crippen LogP contribution in [0.5, 0.6) is 5.75 Å². The van der Waals surface area contributed by atoms with Crippen LogP contribution in [0.3, 0.4) is 0 Å². The van der Waals surface area contributed by atoms with Crippen molar-refractivity contribution in [2.45, 2.75) is 26.1 Å². The van der Waals surface area contributed by atoms with E-state index in [1.54, 1.807) is 24.3 Å². The highest BCUT2D eigenvalue weighted by atomic mass is 16.5. The van der Waals surface area contributed by atoms with E-state index in [1.165, 1.54) is 0 Å². The molecule has 0 bridgehead atoms. The Morgan fingerprint density at radius 2 is 1.77 bits per heavy atom. The van der Waals surface area contributed by atoms with Crippen LogP contribution < -0.4 is 17.2 Å². The van der Waals surface area contributed by atoms with E-state index < -0.39 is 0 Å². The normalized spacial score (nSPS) is 22.5. The first-order valence-corrected chi connectivity index (χ1v) is 7.29. The maximum absolute atomic E-state index is 9.89. The predicted molar refractivity (Wildman–Crippen MR) is 87.3 cm³/mol. The SMILES string of the molecule is CC1CN(C(/C=C(\N)c2ccccc2O)=C(N)N)CC(C)O1. The van der Waals surface area contributed by atoms with Gasteiger partial charge in [-0.25, -0.2) is 0 Å². The van der Waals surface area contributed by atoms with E-state index in [9.17, 15) is 5.11 Å². The molecule has 1 heterocycles. The van der Waals surface area contributed by atoms with E-state index >= 15 is 0 Å². The molecule has 6 nitrogen and oxygen atoms in total. The number of phenols is 1. The highest BCUT2D eigenvalue weighted by molar-refractivity contribution is 5.69. The second-order valence-electron chi connectivity index (χ2n) is 5.62. The second-order valence-corrected chi connectivity index (χ2v) is 5.62. The van der Waals surface area contributed by atoms with Crippen LogP contribution in [0.2, 0.25) is 0 Å². The zero-order valence-electron chi connectivity index (χ0n) is 13.0. The van der Waals surface area contributed by atoms with Crippen molar-refractivity contribution < 1.29 is 9.84 Å². The fourth-order valence-corrected chi connectivity index (χ4v) is 2.67. The van der Waals surface area contributed by atoms with Crippen LogP contribution in [-0.2, 0) is 4.74 Å². The molecule has 120 valence electrons. The van der Waals surface area contributed by atoms with Crippen molar-refractivity contribution in [1.29, 1.82) is 0 Å². The molecule has 0 aromatic heterocycles. The summed E-state index contributed by atoms with van der Waals surface area (Å²) >= 11 is 0. The fourth-order valence-electron chi connectivity index (χ4n) is 2.67. The average molecular weight is 304 g/mol. The van der Waals surface area contributed by atoms with Crippen molar-refractivity contribution in [2.75, 3.05) is 13.1 Å². The van der Waals surface area contributed by atoms with Crippen molar-refractivity contribution in [1.82, 2.24) is 4.90 Å². The molecule has 22 heavy (non-hydrogen) atoms. The van der Waals surface area contributed by atoms with E-state index in [0.717, 1.165) is 0 Å². The largest absolute Gasteiger partial charge is 0.507 e. The smallest absolute Gasteiger partial charge is 0.124 e. The summed E-state index contributed by atoms with van der Waals surface area (Å²) < 4.78 is 5.72. The van der Waals surface area contributed by atoms with Crippen LogP contribution in [0.1, 0.15) is 19.4 Å². The van der Waals surface area contributed by atoms with Crippen molar-refractivity contribution >= 4 is 5.70 Å². The Bertz CT molecular complexity index is 584. The van der Waals surface area contributed by atoms with Crippen molar-refractivity contribution in [3.05, 3.63) is 47.4 Å². The molecule has 2 atom stereocenters. The maximum atomic E-state index is 9.89. The molecule has 0 saturated carbocycles. The lowest BCUT2D eigenvalue weighted by atomic mass is 10.1. The van der Waals surface area contributed by atoms with Gasteiger partial charge in [0.25, 0.3) is 0 Å². The molecular formula is C16H24N4O2. The molecule has 7 N–H and O–H groups in total. The molecule has 1 aromatic carbocycles. The maximum Gasteiger partial charge on any atom is 0.124 e. The summed E-state index contributed by atoms with van der Waals surface area (Å²) in [6.45, 7) is 5.37. The highest BCUT2D eigenvalue weighted by Gasteiger charge is 2.24. The summed E-state index contributed by atoms with van der Waals surface area (Å²) in [7, 11) is 0. The Hall–Kier alpha value is -2.34. The molecular weight excluding hydrogens is 280 g/mol. The molecule has 0 radical (unpaired) electrons. The molecule has 0 amide bonds. The minimum atomic E-state index is 0.0813. The van der Waals surface area contributed by atoms with Gasteiger partial charge >= 0.3 is 0 Å². The number of morpholine rings is 1. The Balaban J connectivity index is 2.32. The standard InChI is InChI=1S/C16H24N4O2/c1-10-8-20(9-11(2)22-10)14(16(18)19)7-13(17)12-5-3-4-6-15(12)21/h3-7,10-11,21H,8-9,17-19H2,1-2H3/b13-7-. The first kappa shape index (κ1) is 16.0. The Kier molecular flexibility index (Phi) is 4.82. The van der Waals surface area contributed by atoms with E-state index in [1.807, 2.05) is 19.9 Å². The summed E-state index contributed by atoms with van der Waals surface area (Å²) in [6.07, 6.45) is 1.87. The van der Waals surface area contributed by atoms with Gasteiger partial charge in [0, 0.05) is 24.4 Å². The second kappa shape index (κ2) is 6.62. The minimum absolute atomic E-state index is 0.0813. The molecule has 1 saturated heterocycles. The minimum Gasteiger partial charge on any atom is -0.507 e. The number of rotatable bonds is 3. The summed E-state index contributed by atoms with van der Waals surface area (Å²) in [4.78, 5) is 2.06. The first-order valence-electron chi connectivity index (χ1n) is 7.29. The summed E-state index contributed by atoms with van der Waals surface area (Å²) in [5.41, 5.74) is 19.4. The topological polar surface area (TPSA) is 111 Å². The van der Waals surface area contributed by atoms with Gasteiger partial charge in [-0.1, -0.05) is 12.1 Å². The Morgan fingerprint density at radius 1 is 1.18 bits per heavy atom.